The van der Waals surface area contributed by atoms with Gasteiger partial charge in [0.25, 0.3) is 0 Å². The van der Waals surface area contributed by atoms with E-state index in [9.17, 15) is 0 Å². The van der Waals surface area contributed by atoms with E-state index < -0.39 is 0 Å². The summed E-state index contributed by atoms with van der Waals surface area (Å²) in [5, 5.41) is 6.50. The minimum Gasteiger partial charge on any atom is -0.202 e. The van der Waals surface area contributed by atoms with Gasteiger partial charge in [-0.15, -0.1) is 0 Å². The largest absolute Gasteiger partial charge is 0.202 e. The van der Waals surface area contributed by atoms with Gasteiger partial charge in [-0.05, 0) is 0 Å². The Kier molecular flexibility index (Phi) is 449. The van der Waals surface area contributed by atoms with E-state index in [1.54, 1.807) is 0 Å². The van der Waals surface area contributed by atoms with Crippen LogP contribution in [0.25, 0.3) is 0 Å². The predicted molar refractivity (Wildman–Crippen MR) is 16.6 cm³/mol. The van der Waals surface area contributed by atoms with Crippen molar-refractivity contribution in [3.05, 3.63) is 0 Å². The fourth-order valence-corrected chi connectivity index (χ4v) is 0. The molecule has 0 spiro atoms. The fourth-order valence-electron chi connectivity index (χ4n) is 0. The van der Waals surface area contributed by atoms with Crippen molar-refractivity contribution in [3.8, 4) is 6.57 Å². The fraction of sp³-hybridized carbons (Fsp3) is 0. The first-order valence-electron chi connectivity index (χ1n) is 0.258. The van der Waals surface area contributed by atoms with Gasteiger partial charge in [0.2, 0.25) is 0 Å². The molecule has 0 aliphatic carbocycles. The topological polar surface area (TPSA) is 23.8 Å². The van der Waals surface area contributed by atoms with Gasteiger partial charge in [0, 0.05) is 23.9 Å². The van der Waals surface area contributed by atoms with Gasteiger partial charge in [-0.2, -0.15) is 0 Å². The minimum absolute atomic E-state index is 0. The summed E-state index contributed by atoms with van der Waals surface area (Å²) in [6.45, 7) is 3.50. The summed E-state index contributed by atoms with van der Waals surface area (Å²) in [4.78, 5) is 0. The van der Waals surface area contributed by atoms with Gasteiger partial charge in [-0.3, -0.25) is 0 Å². The van der Waals surface area contributed by atoms with Crippen LogP contribution in [0.4, 0.5) is 0 Å². The summed E-state index contributed by atoms with van der Waals surface area (Å²) in [6.07, 6.45) is 0. The molecule has 0 aromatic heterocycles. The Morgan fingerprint density at radius 3 is 1.25 bits per heavy atom. The zero-order valence-corrected chi connectivity index (χ0v) is 2.71. The van der Waals surface area contributed by atoms with Gasteiger partial charge in [-0.25, -0.2) is 5.26 Å². The second-order valence-corrected chi connectivity index (χ2v) is 0. The van der Waals surface area contributed by atoms with Crippen LogP contribution < -0.4 is 0 Å². The van der Waals surface area contributed by atoms with E-state index >= 15 is 0 Å². The number of nitrogens with zero attached hydrogens (tertiary/aromatic N) is 1. The van der Waals surface area contributed by atoms with E-state index in [-0.39, 0.29) is 34.7 Å². The maximum Gasteiger partial charge on any atom is 0.187 e. The summed E-state index contributed by atoms with van der Waals surface area (Å²) >= 11 is 0. The van der Waals surface area contributed by atoms with Crippen LogP contribution in [-0.4, -0.2) is 17.4 Å². The van der Waals surface area contributed by atoms with Crippen molar-refractivity contribution in [2.24, 2.45) is 0 Å². The zero-order valence-electron chi connectivity index (χ0n) is 1.43. The first-order valence-corrected chi connectivity index (χ1v) is 0.258. The average molecular weight is 109 g/mol. The van der Waals surface area contributed by atoms with Crippen molar-refractivity contribution < 1.29 is 17.4 Å². The van der Waals surface area contributed by atoms with E-state index in [1.807, 2.05) is 0 Å². The molecule has 0 bridgehead atoms. The van der Waals surface area contributed by atoms with Crippen molar-refractivity contribution in [1.29, 1.82) is 5.26 Å². The summed E-state index contributed by atoms with van der Waals surface area (Å²) in [5.41, 5.74) is 0. The van der Waals surface area contributed by atoms with Crippen molar-refractivity contribution >= 4 is 17.4 Å². The smallest absolute Gasteiger partial charge is 0.187 e. The molecule has 1 nitrogen and oxygen atoms in total. The molecule has 0 amide bonds. The molecule has 0 heterocycles. The van der Waals surface area contributed by atoms with E-state index in [2.05, 4.69) is 6.57 Å². The van der Waals surface area contributed by atoms with E-state index in [0.29, 0.717) is 0 Å². The first-order chi connectivity index (χ1) is 1.00. The molecule has 0 aromatic carbocycles. The van der Waals surface area contributed by atoms with Crippen LogP contribution in [0.15, 0.2) is 0 Å². The minimum atomic E-state index is 0. The van der Waals surface area contributed by atoms with Crippen LogP contribution in [0.5, 0.6) is 0 Å². The molecule has 3 heteroatoms. The van der Waals surface area contributed by atoms with Gasteiger partial charge >= 0.3 is 0 Å². The van der Waals surface area contributed by atoms with Crippen LogP contribution in [0, 0.1) is 11.8 Å². The number of nitriles is 1. The van der Waals surface area contributed by atoms with Gasteiger partial charge in [0.15, 0.2) is 17.4 Å². The quantitative estimate of drug-likeness (QED) is 0.364. The Hall–Kier alpha value is 0.555. The molecule has 0 N–H and O–H groups in total. The Balaban J connectivity index is -0.00000000500. The zero-order chi connectivity index (χ0) is 2.00. The molecule has 0 aliphatic heterocycles. The van der Waals surface area contributed by atoms with Crippen LogP contribution in [-0.2, 0) is 17.4 Å². The molecular weight excluding hydrogens is 105 g/mol. The third-order valence-electron chi connectivity index (χ3n) is 0. The van der Waals surface area contributed by atoms with Gasteiger partial charge in [0.05, 0.1) is 0 Å². The van der Waals surface area contributed by atoms with Gasteiger partial charge in [-0.1, -0.05) is 0 Å². The molecule has 0 saturated heterocycles. The number of hydrogen-bond acceptors (Lipinski definition) is 1. The number of rotatable bonds is 0. The van der Waals surface area contributed by atoms with Crippen molar-refractivity contribution in [2.75, 3.05) is 0 Å². The van der Waals surface area contributed by atoms with Crippen molar-refractivity contribution in [3.63, 3.8) is 0 Å². The summed E-state index contributed by atoms with van der Waals surface area (Å²) < 4.78 is 0. The Bertz CT molecular complexity index is 12.8. The SMILES string of the molecule is C#N.[AlH3].[Cr]. The molecule has 4 heavy (non-hydrogen) atoms. The molecule has 0 fully saturated rings. The summed E-state index contributed by atoms with van der Waals surface area (Å²) in [5.74, 6) is 0. The maximum atomic E-state index is 6.50. The molecule has 0 unspecified atom stereocenters. The second-order valence-electron chi connectivity index (χ2n) is 0. The molecule has 0 aromatic rings. The third-order valence-corrected chi connectivity index (χ3v) is 0. The van der Waals surface area contributed by atoms with Crippen LogP contribution >= 0.6 is 0 Å². The standard InChI is InChI=1S/CHN.Al.Cr.3H/c1-2;;;;;/h1H;;;;;. The number of hydrogen-bond donors (Lipinski definition) is 0. The Labute approximate surface area is 46.9 Å². The second kappa shape index (κ2) is 75.4. The average Bonchev–Trinajstić information content (AvgIpc) is 1.00. The molecule has 0 radical (unpaired) electrons. The van der Waals surface area contributed by atoms with Gasteiger partial charge in [0.1, 0.15) is 0 Å². The molecule has 0 rings (SSSR count). The van der Waals surface area contributed by atoms with Gasteiger partial charge < -0.3 is 0 Å². The van der Waals surface area contributed by atoms with Crippen molar-refractivity contribution in [2.45, 2.75) is 0 Å². The molecule has 0 aliphatic rings. The third kappa shape index (κ3) is 20.1. The summed E-state index contributed by atoms with van der Waals surface area (Å²) in [6, 6.07) is 0. The van der Waals surface area contributed by atoms with Crippen LogP contribution in [0.3, 0.4) is 0 Å². The predicted octanol–water partition coefficient (Wildman–Crippen LogP) is -1.05. The first kappa shape index (κ1) is 23.8. The Morgan fingerprint density at radius 2 is 1.25 bits per heavy atom. The Morgan fingerprint density at radius 1 is 1.25 bits per heavy atom. The normalized spacial score (nSPS) is 0.500. The van der Waals surface area contributed by atoms with E-state index in [0.717, 1.165) is 0 Å². The van der Waals surface area contributed by atoms with Crippen LogP contribution in [0.1, 0.15) is 0 Å². The molecule has 22 valence electrons. The van der Waals surface area contributed by atoms with Crippen molar-refractivity contribution in [1.82, 2.24) is 0 Å². The molecule has 0 saturated carbocycles. The molecule has 0 atom stereocenters. The maximum absolute atomic E-state index is 6.50. The van der Waals surface area contributed by atoms with E-state index in [1.165, 1.54) is 0 Å². The van der Waals surface area contributed by atoms with E-state index in [4.69, 9.17) is 5.26 Å². The monoisotopic (exact) mass is 109 g/mol. The van der Waals surface area contributed by atoms with Crippen LogP contribution in [0.2, 0.25) is 0 Å². The summed E-state index contributed by atoms with van der Waals surface area (Å²) in [7, 11) is 0. The molecular formula is CH4AlCrN.